The van der Waals surface area contributed by atoms with Gasteiger partial charge in [-0.15, -0.1) is 11.3 Å². The number of hydrogen-bond acceptors (Lipinski definition) is 5. The summed E-state index contributed by atoms with van der Waals surface area (Å²) in [4.78, 5) is 30.3. The van der Waals surface area contributed by atoms with Crippen LogP contribution in [0, 0.1) is 0 Å². The fraction of sp³-hybridized carbons (Fsp3) is 0.423. The van der Waals surface area contributed by atoms with Crippen LogP contribution in [0.2, 0.25) is 0 Å². The Morgan fingerprint density at radius 2 is 2.03 bits per heavy atom. The maximum atomic E-state index is 13.8. The third-order valence-electron chi connectivity index (χ3n) is 6.98. The summed E-state index contributed by atoms with van der Waals surface area (Å²) in [6.45, 7) is 2.48. The normalized spacial score (nSPS) is 20.8. The van der Waals surface area contributed by atoms with Gasteiger partial charge in [0.05, 0.1) is 18.5 Å². The average Bonchev–Trinajstić information content (AvgIpc) is 3.53. The minimum Gasteiger partial charge on any atom is -0.497 e. The van der Waals surface area contributed by atoms with Crippen LogP contribution in [0.15, 0.2) is 47.8 Å². The molecule has 1 aromatic carbocycles. The second kappa shape index (κ2) is 9.25. The molecule has 1 saturated carbocycles. The summed E-state index contributed by atoms with van der Waals surface area (Å²) in [5.41, 5.74) is 1.12. The lowest BCUT2D eigenvalue weighted by Crippen LogP contribution is -2.64. The van der Waals surface area contributed by atoms with Crippen molar-refractivity contribution in [1.82, 2.24) is 20.0 Å². The summed E-state index contributed by atoms with van der Waals surface area (Å²) in [7, 11) is 1.62. The van der Waals surface area contributed by atoms with Crippen molar-refractivity contribution < 1.29 is 14.3 Å². The number of nitrogens with one attached hydrogen (secondary N) is 1. The van der Waals surface area contributed by atoms with Crippen LogP contribution in [0.4, 0.5) is 0 Å². The molecule has 2 amide bonds. The molecule has 0 radical (unpaired) electrons. The van der Waals surface area contributed by atoms with Gasteiger partial charge in [-0.2, -0.15) is 5.10 Å². The van der Waals surface area contributed by atoms with E-state index in [4.69, 9.17) is 9.84 Å². The number of ether oxygens (including phenoxy) is 1. The monoisotopic (exact) mass is 478 g/mol. The first-order valence-electron chi connectivity index (χ1n) is 11.9. The summed E-state index contributed by atoms with van der Waals surface area (Å²) in [6, 6.07) is 13.6. The smallest absolute Gasteiger partial charge is 0.273 e. The topological polar surface area (TPSA) is 76.5 Å². The highest BCUT2D eigenvalue weighted by molar-refractivity contribution is 7.13. The Labute approximate surface area is 203 Å². The van der Waals surface area contributed by atoms with Gasteiger partial charge in [-0.25, -0.2) is 0 Å². The van der Waals surface area contributed by atoms with Gasteiger partial charge in [0, 0.05) is 12.6 Å². The molecule has 1 aliphatic carbocycles. The Hall–Kier alpha value is -3.13. The van der Waals surface area contributed by atoms with Crippen molar-refractivity contribution in [1.29, 1.82) is 0 Å². The van der Waals surface area contributed by atoms with Crippen LogP contribution in [0.3, 0.4) is 0 Å². The number of methoxy groups -OCH3 is 1. The van der Waals surface area contributed by atoms with Gasteiger partial charge in [-0.05, 0) is 55.0 Å². The molecule has 2 aromatic heterocycles. The summed E-state index contributed by atoms with van der Waals surface area (Å²) in [5.74, 6) is 0.417. The van der Waals surface area contributed by atoms with Crippen LogP contribution in [-0.4, -0.2) is 45.2 Å². The molecular weight excluding hydrogens is 448 g/mol. The molecule has 0 bridgehead atoms. The zero-order valence-electron chi connectivity index (χ0n) is 19.6. The summed E-state index contributed by atoms with van der Waals surface area (Å²) < 4.78 is 7.08. The molecule has 8 heteroatoms. The lowest BCUT2D eigenvalue weighted by atomic mass is 9.91. The van der Waals surface area contributed by atoms with Crippen LogP contribution < -0.4 is 10.1 Å². The number of carbonyl (C=O) groups excluding carboxylic acids is 2. The third kappa shape index (κ3) is 4.22. The molecule has 1 fully saturated rings. The maximum Gasteiger partial charge on any atom is 0.273 e. The van der Waals surface area contributed by atoms with Gasteiger partial charge in [0.1, 0.15) is 22.7 Å². The Kier molecular flexibility index (Phi) is 6.16. The Bertz CT molecular complexity index is 1180. The molecule has 1 atom stereocenters. The van der Waals surface area contributed by atoms with Crippen molar-refractivity contribution >= 4 is 23.2 Å². The number of aromatic nitrogens is 2. The van der Waals surface area contributed by atoms with Crippen LogP contribution in [-0.2, 0) is 17.9 Å². The van der Waals surface area contributed by atoms with Crippen LogP contribution in [0.5, 0.6) is 5.75 Å². The summed E-state index contributed by atoms with van der Waals surface area (Å²) in [6.07, 6.45) is 5.44. The quantitative estimate of drug-likeness (QED) is 0.567. The number of amides is 2. The van der Waals surface area contributed by atoms with E-state index in [2.05, 4.69) is 5.32 Å². The van der Waals surface area contributed by atoms with E-state index in [1.54, 1.807) is 28.0 Å². The largest absolute Gasteiger partial charge is 0.497 e. The number of hydrogen-bond donors (Lipinski definition) is 1. The Morgan fingerprint density at radius 3 is 2.76 bits per heavy atom. The highest BCUT2D eigenvalue weighted by Crippen LogP contribution is 2.33. The first kappa shape index (κ1) is 22.7. The zero-order chi connectivity index (χ0) is 23.7. The zero-order valence-corrected chi connectivity index (χ0v) is 20.4. The number of carbonyl (C=O) groups is 2. The molecule has 0 spiro atoms. The van der Waals surface area contributed by atoms with E-state index in [-0.39, 0.29) is 17.9 Å². The van der Waals surface area contributed by atoms with E-state index < -0.39 is 5.54 Å². The van der Waals surface area contributed by atoms with Crippen molar-refractivity contribution in [3.8, 4) is 16.3 Å². The second-order valence-corrected chi connectivity index (χ2v) is 10.3. The molecular formula is C26H30N4O3S. The third-order valence-corrected chi connectivity index (χ3v) is 7.87. The molecule has 7 nitrogen and oxygen atoms in total. The van der Waals surface area contributed by atoms with Crippen molar-refractivity contribution in [3.63, 3.8) is 0 Å². The lowest BCUT2D eigenvalue weighted by Gasteiger charge is -2.44. The Morgan fingerprint density at radius 1 is 1.21 bits per heavy atom. The lowest BCUT2D eigenvalue weighted by molar-refractivity contribution is -0.134. The first-order chi connectivity index (χ1) is 16.5. The SMILES string of the molecule is COc1cccc(CN2C(=O)c3cc(-c4cccs4)nn3CC2(C)C(=O)NC2CCCCC2)c1. The number of benzene rings is 1. The number of fused-ring (bicyclic) bond motifs is 1. The molecule has 178 valence electrons. The number of rotatable bonds is 6. The number of thiophene rings is 1. The van der Waals surface area contributed by atoms with E-state index in [9.17, 15) is 9.59 Å². The average molecular weight is 479 g/mol. The molecule has 0 saturated heterocycles. The molecule has 3 aromatic rings. The summed E-state index contributed by atoms with van der Waals surface area (Å²) in [5, 5.41) is 9.97. The first-order valence-corrected chi connectivity index (χ1v) is 12.7. The van der Waals surface area contributed by atoms with Crippen LogP contribution in [0.25, 0.3) is 10.6 Å². The standard InChI is InChI=1S/C26H30N4O3S/c1-26(25(32)27-19-9-4-3-5-10-19)17-30-22(15-21(28-30)23-12-7-13-34-23)24(31)29(26)16-18-8-6-11-20(14-18)33-2/h6-8,11-15,19H,3-5,9-10,16-17H2,1-2H3,(H,27,32). The Balaban J connectivity index is 1.50. The molecule has 34 heavy (non-hydrogen) atoms. The fourth-order valence-corrected chi connectivity index (χ4v) is 5.66. The minimum absolute atomic E-state index is 0.116. The van der Waals surface area contributed by atoms with Crippen LogP contribution in [0.1, 0.15) is 55.1 Å². The predicted molar refractivity (Wildman–Crippen MR) is 132 cm³/mol. The van der Waals surface area contributed by atoms with Gasteiger partial charge in [-0.3, -0.25) is 14.3 Å². The molecule has 1 aliphatic heterocycles. The maximum absolute atomic E-state index is 13.8. The van der Waals surface area contributed by atoms with Crippen molar-refractivity contribution in [2.75, 3.05) is 7.11 Å². The summed E-state index contributed by atoms with van der Waals surface area (Å²) >= 11 is 1.58. The van der Waals surface area contributed by atoms with Crippen molar-refractivity contribution in [3.05, 3.63) is 59.1 Å². The van der Waals surface area contributed by atoms with E-state index in [1.807, 2.05) is 54.8 Å². The molecule has 1 unspecified atom stereocenters. The fourth-order valence-electron chi connectivity index (χ4n) is 4.98. The van der Waals surface area contributed by atoms with Gasteiger partial charge in [0.15, 0.2) is 0 Å². The molecule has 1 N–H and O–H groups in total. The molecule has 2 aliphatic rings. The van der Waals surface area contributed by atoms with Crippen molar-refractivity contribution in [2.24, 2.45) is 0 Å². The highest BCUT2D eigenvalue weighted by Gasteiger charge is 2.48. The van der Waals surface area contributed by atoms with Gasteiger partial charge in [0.25, 0.3) is 5.91 Å². The predicted octanol–water partition coefficient (Wildman–Crippen LogP) is 4.48. The van der Waals surface area contributed by atoms with E-state index in [0.29, 0.717) is 18.8 Å². The number of nitrogens with zero attached hydrogens (tertiary/aromatic N) is 3. The highest BCUT2D eigenvalue weighted by atomic mass is 32.1. The van der Waals surface area contributed by atoms with Gasteiger partial charge in [-0.1, -0.05) is 37.5 Å². The van der Waals surface area contributed by atoms with Gasteiger partial charge >= 0.3 is 0 Å². The molecule has 3 heterocycles. The molecule has 5 rings (SSSR count). The minimum atomic E-state index is -1.07. The van der Waals surface area contributed by atoms with Crippen LogP contribution >= 0.6 is 11.3 Å². The van der Waals surface area contributed by atoms with E-state index >= 15 is 0 Å². The van der Waals surface area contributed by atoms with Gasteiger partial charge in [0.2, 0.25) is 5.91 Å². The van der Waals surface area contributed by atoms with Crippen molar-refractivity contribution in [2.45, 2.75) is 63.7 Å². The van der Waals surface area contributed by atoms with E-state index in [0.717, 1.165) is 47.6 Å². The van der Waals surface area contributed by atoms with E-state index in [1.165, 1.54) is 6.42 Å². The van der Waals surface area contributed by atoms with Gasteiger partial charge < -0.3 is 15.0 Å². The second-order valence-electron chi connectivity index (χ2n) is 9.37.